The van der Waals surface area contributed by atoms with E-state index < -0.39 is 19.2 Å². The van der Waals surface area contributed by atoms with Crippen LogP contribution in [-0.2, 0) is 0 Å². The number of nitrogens with zero attached hydrogens (tertiary/aromatic N) is 1. The average molecular weight is 405 g/mol. The number of benzene rings is 2. The van der Waals surface area contributed by atoms with E-state index in [1.54, 1.807) is 0 Å². The molecule has 0 atom stereocenters. The molecular formula is C24H29GeN. The first-order valence-electron chi connectivity index (χ1n) is 9.75. The van der Waals surface area contributed by atoms with Crippen molar-refractivity contribution >= 4 is 17.7 Å². The topological polar surface area (TPSA) is 12.9 Å². The molecule has 0 saturated carbocycles. The third kappa shape index (κ3) is 3.93. The Kier molecular flexibility index (Phi) is 4.99. The fourth-order valence-electron chi connectivity index (χ4n) is 3.50. The van der Waals surface area contributed by atoms with Gasteiger partial charge in [-0.25, -0.2) is 0 Å². The molecule has 0 aliphatic carbocycles. The quantitative estimate of drug-likeness (QED) is 0.459. The third-order valence-corrected chi connectivity index (χ3v) is 9.35. The Morgan fingerprint density at radius 2 is 1.62 bits per heavy atom. The number of hydrogen-bond acceptors (Lipinski definition) is 1. The maximum absolute atomic E-state index is 8.56. The number of hydrogen-bond donors (Lipinski definition) is 0. The van der Waals surface area contributed by atoms with E-state index in [9.17, 15) is 0 Å². The van der Waals surface area contributed by atoms with Crippen LogP contribution in [0.1, 0.15) is 32.2 Å². The number of rotatable bonds is 4. The second-order valence-electron chi connectivity index (χ2n) is 8.26. The molecule has 0 spiro atoms. The van der Waals surface area contributed by atoms with Crippen LogP contribution in [0.15, 0.2) is 60.8 Å². The summed E-state index contributed by atoms with van der Waals surface area (Å²) in [5.74, 6) is 6.56. The van der Waals surface area contributed by atoms with E-state index in [1.807, 2.05) is 19.9 Å². The third-order valence-electron chi connectivity index (χ3n) is 4.86. The molecule has 1 heterocycles. The van der Waals surface area contributed by atoms with Gasteiger partial charge < -0.3 is 0 Å². The Balaban J connectivity index is 2.15. The van der Waals surface area contributed by atoms with E-state index in [4.69, 9.17) is 6.35 Å². The molecule has 0 fully saturated rings. The predicted molar refractivity (Wildman–Crippen MR) is 117 cm³/mol. The van der Waals surface area contributed by atoms with Gasteiger partial charge in [0.25, 0.3) is 0 Å². The van der Waals surface area contributed by atoms with Gasteiger partial charge in [-0.15, -0.1) is 0 Å². The molecule has 0 aliphatic rings. The van der Waals surface area contributed by atoms with Crippen molar-refractivity contribution in [2.24, 2.45) is 0 Å². The summed E-state index contributed by atoms with van der Waals surface area (Å²) < 4.78 is 10.0. The first kappa shape index (κ1) is 17.5. The Labute approximate surface area is 162 Å². The van der Waals surface area contributed by atoms with Crippen LogP contribution in [0.5, 0.6) is 0 Å². The monoisotopic (exact) mass is 406 g/mol. The fraction of sp³-hybridized carbons (Fsp3) is 0.292. The molecule has 0 amide bonds. The zero-order valence-electron chi connectivity index (χ0n) is 17.7. The molecule has 3 rings (SSSR count). The van der Waals surface area contributed by atoms with E-state index in [0.717, 1.165) is 27.9 Å². The molecule has 0 N–H and O–H groups in total. The van der Waals surface area contributed by atoms with Gasteiger partial charge in [0.2, 0.25) is 0 Å². The molecule has 26 heavy (non-hydrogen) atoms. The molecule has 0 unspecified atom stereocenters. The van der Waals surface area contributed by atoms with Gasteiger partial charge in [0.15, 0.2) is 0 Å². The molecule has 3 aromatic rings. The number of aryl methyl sites for hydroxylation is 1. The van der Waals surface area contributed by atoms with Crippen LogP contribution in [0.2, 0.25) is 17.3 Å². The van der Waals surface area contributed by atoms with Crippen LogP contribution in [-0.4, -0.2) is 18.3 Å². The van der Waals surface area contributed by atoms with Gasteiger partial charge in [0.1, 0.15) is 0 Å². The van der Waals surface area contributed by atoms with Crippen LogP contribution >= 0.6 is 0 Å². The van der Waals surface area contributed by atoms with Gasteiger partial charge in [-0.2, -0.15) is 0 Å². The zero-order valence-corrected chi connectivity index (χ0v) is 18.8. The van der Waals surface area contributed by atoms with Crippen molar-refractivity contribution in [3.63, 3.8) is 0 Å². The Morgan fingerprint density at radius 3 is 2.19 bits per heavy atom. The minimum absolute atomic E-state index is 0.656. The number of aromatic nitrogens is 1. The molecule has 0 aliphatic heterocycles. The van der Waals surface area contributed by atoms with E-state index in [-0.39, 0.29) is 0 Å². The molecule has 1 aromatic heterocycles. The molecule has 1 nitrogen and oxygen atoms in total. The summed E-state index contributed by atoms with van der Waals surface area (Å²) in [5, 5.41) is 0. The summed E-state index contributed by atoms with van der Waals surface area (Å²) in [5.41, 5.74) is 6.76. The van der Waals surface area contributed by atoms with Crippen molar-refractivity contribution in [3.8, 4) is 22.4 Å². The van der Waals surface area contributed by atoms with Crippen molar-refractivity contribution in [1.29, 1.82) is 0 Å². The summed E-state index contributed by atoms with van der Waals surface area (Å²) in [6.45, 7) is 6.10. The Hall–Kier alpha value is -1.87. The molecule has 0 bridgehead atoms. The van der Waals surface area contributed by atoms with Gasteiger partial charge in [-0.05, 0) is 0 Å². The normalized spacial score (nSPS) is 12.8. The van der Waals surface area contributed by atoms with Gasteiger partial charge >= 0.3 is 162 Å². The van der Waals surface area contributed by atoms with Crippen LogP contribution in [0, 0.1) is 6.92 Å². The zero-order chi connectivity index (χ0) is 19.8. The predicted octanol–water partition coefficient (Wildman–Crippen LogP) is 6.39. The van der Waals surface area contributed by atoms with Crippen molar-refractivity contribution < 1.29 is 1.37 Å². The van der Waals surface area contributed by atoms with Crippen molar-refractivity contribution in [1.82, 2.24) is 4.98 Å². The minimum atomic E-state index is -1.90. The van der Waals surface area contributed by atoms with Crippen LogP contribution in [0.3, 0.4) is 0 Å². The summed E-state index contributed by atoms with van der Waals surface area (Å²) in [4.78, 5) is 4.80. The summed E-state index contributed by atoms with van der Waals surface area (Å²) in [6.07, 6.45) is 2.09. The van der Waals surface area contributed by atoms with Crippen molar-refractivity contribution in [2.75, 3.05) is 0 Å². The summed E-state index contributed by atoms with van der Waals surface area (Å²) in [7, 11) is 0. The van der Waals surface area contributed by atoms with E-state index in [0.29, 0.717) is 0 Å². The van der Waals surface area contributed by atoms with E-state index in [1.165, 1.54) is 9.96 Å². The number of pyridine rings is 1. The molecule has 0 saturated heterocycles. The average Bonchev–Trinajstić information content (AvgIpc) is 2.60. The molecular weight excluding hydrogens is 375 g/mol. The van der Waals surface area contributed by atoms with Crippen molar-refractivity contribution in [3.05, 3.63) is 71.9 Å². The summed E-state index contributed by atoms with van der Waals surface area (Å²) in [6, 6.07) is 19.0. The Bertz CT molecular complexity index is 950. The SMILES string of the molecule is [2H]C(C)(C)c1ccc(-c2cc(C)[c]([Ge]([CH3])([CH3])[CH3])cn2)cc1-c1ccccc1. The standard InChI is InChI=1S/C24H29GeN/c1-17(2)21-13-12-20(15-22(21)19-10-8-7-9-11-19)24-14-18(3)23(16-26-24)25(4,5)6/h7-17H,1-6H3/i17D. The van der Waals surface area contributed by atoms with Crippen LogP contribution in [0.25, 0.3) is 22.4 Å². The fourth-order valence-corrected chi connectivity index (χ4v) is 7.08. The van der Waals surface area contributed by atoms with Gasteiger partial charge in [-0.3, -0.25) is 0 Å². The van der Waals surface area contributed by atoms with Crippen LogP contribution in [0.4, 0.5) is 0 Å². The van der Waals surface area contributed by atoms with Gasteiger partial charge in [-0.1, -0.05) is 0 Å². The first-order valence-corrected chi connectivity index (χ1v) is 16.6. The van der Waals surface area contributed by atoms with Gasteiger partial charge in [0, 0.05) is 0 Å². The molecule has 2 heteroatoms. The molecule has 2 aromatic carbocycles. The molecule has 134 valence electrons. The summed E-state index contributed by atoms with van der Waals surface area (Å²) >= 11 is -1.90. The van der Waals surface area contributed by atoms with Crippen molar-refractivity contribution in [2.45, 2.75) is 43.9 Å². The second-order valence-corrected chi connectivity index (χ2v) is 18.8. The van der Waals surface area contributed by atoms with E-state index in [2.05, 4.69) is 78.9 Å². The van der Waals surface area contributed by atoms with E-state index >= 15 is 0 Å². The second kappa shape index (κ2) is 7.40. The van der Waals surface area contributed by atoms with Gasteiger partial charge in [0.05, 0.1) is 0 Å². The van der Waals surface area contributed by atoms with Crippen LogP contribution < -0.4 is 4.40 Å². The Morgan fingerprint density at radius 1 is 0.923 bits per heavy atom. The maximum atomic E-state index is 8.56. The first-order chi connectivity index (χ1) is 12.6. The molecule has 0 radical (unpaired) electrons.